The van der Waals surface area contributed by atoms with Crippen molar-refractivity contribution in [3.8, 4) is 0 Å². The fourth-order valence-electron chi connectivity index (χ4n) is 4.06. The molecule has 8 heteroatoms. The largest absolute Gasteiger partial charge is 0.515 e. The second kappa shape index (κ2) is 16.5. The first-order valence-electron chi connectivity index (χ1n) is 12.4. The molecule has 7 nitrogen and oxygen atoms in total. The van der Waals surface area contributed by atoms with E-state index in [0.717, 1.165) is 37.1 Å². The molecule has 34 heavy (non-hydrogen) atoms. The molecule has 3 N–H and O–H groups in total. The molecule has 193 valence electrons. The summed E-state index contributed by atoms with van der Waals surface area (Å²) in [5.74, 6) is -1.22. The maximum Gasteiger partial charge on any atom is 0.285 e. The van der Waals surface area contributed by atoms with Gasteiger partial charge in [0, 0.05) is 34.0 Å². The molecule has 1 heterocycles. The monoisotopic (exact) mass is 564 g/mol. The minimum atomic E-state index is -0.652. The standard InChI is InChI=1S/C26H39N3O4.Ag/c1-3-5-7-9-10-12-14-20(13-11-8-6-4-2)24(31)27-21-15-17-22(18-16-21)29-26(33)23(19-30)25(32)28-29;/h15-20,30H,3-14H2,1-2H3,(H,27,31)(H,28,32);/b23-19-;. The van der Waals surface area contributed by atoms with Crippen LogP contribution in [0.25, 0.3) is 0 Å². The van der Waals surface area contributed by atoms with Crippen LogP contribution in [-0.4, -0.2) is 22.8 Å². The number of hydrogen-bond donors (Lipinski definition) is 3. The molecule has 1 aromatic rings. The van der Waals surface area contributed by atoms with Crippen LogP contribution in [0, 0.1) is 5.92 Å². The van der Waals surface area contributed by atoms with Crippen LogP contribution in [0.15, 0.2) is 36.1 Å². The Balaban J connectivity index is 0.00000578. The molecule has 1 unspecified atom stereocenters. The number of nitrogens with zero attached hydrogens (tertiary/aromatic N) is 1. The molecule has 1 saturated heterocycles. The number of unbranched alkanes of at least 4 members (excludes halogenated alkanes) is 8. The van der Waals surface area contributed by atoms with E-state index in [1.54, 1.807) is 24.3 Å². The Labute approximate surface area is 219 Å². The molecule has 0 bridgehead atoms. The molecular weight excluding hydrogens is 526 g/mol. The Morgan fingerprint density at radius 2 is 1.47 bits per heavy atom. The molecule has 3 amide bonds. The molecule has 1 aromatic carbocycles. The zero-order valence-corrected chi connectivity index (χ0v) is 21.9. The van der Waals surface area contributed by atoms with E-state index in [9.17, 15) is 14.4 Å². The van der Waals surface area contributed by atoms with Crippen molar-refractivity contribution in [2.75, 3.05) is 10.3 Å². The number of hydrazine groups is 1. The molecular formula is C26H39AgN3O4. The average Bonchev–Trinajstić information content (AvgIpc) is 3.10. The van der Waals surface area contributed by atoms with E-state index in [4.69, 9.17) is 5.11 Å². The third kappa shape index (κ3) is 9.28. The molecule has 2 rings (SSSR count). The third-order valence-corrected chi connectivity index (χ3v) is 6.10. The van der Waals surface area contributed by atoms with E-state index >= 15 is 0 Å². The maximum absolute atomic E-state index is 13.0. The Bertz CT molecular complexity index is 811. The SMILES string of the molecule is CCCCCCCCC(CCCCCC)C(=O)Nc1ccc(N2NC(=O)/C(=C/O)C2=O)cc1.[Ag]. The molecule has 0 saturated carbocycles. The van der Waals surface area contributed by atoms with Gasteiger partial charge >= 0.3 is 0 Å². The van der Waals surface area contributed by atoms with Crippen molar-refractivity contribution >= 4 is 29.1 Å². The fourth-order valence-corrected chi connectivity index (χ4v) is 4.06. The van der Waals surface area contributed by atoms with Gasteiger partial charge in [-0.25, -0.2) is 5.01 Å². The number of rotatable bonds is 15. The topological polar surface area (TPSA) is 98.7 Å². The molecule has 1 atom stereocenters. The van der Waals surface area contributed by atoms with Crippen LogP contribution >= 0.6 is 0 Å². The summed E-state index contributed by atoms with van der Waals surface area (Å²) in [7, 11) is 0. The van der Waals surface area contributed by atoms with Crippen molar-refractivity contribution in [3.05, 3.63) is 36.1 Å². The zero-order valence-electron chi connectivity index (χ0n) is 20.4. The minimum Gasteiger partial charge on any atom is -0.515 e. The van der Waals surface area contributed by atoms with Crippen LogP contribution in [0.5, 0.6) is 0 Å². The van der Waals surface area contributed by atoms with E-state index in [0.29, 0.717) is 17.6 Å². The molecule has 0 aliphatic carbocycles. The van der Waals surface area contributed by atoms with Gasteiger partial charge in [-0.3, -0.25) is 19.8 Å². The van der Waals surface area contributed by atoms with E-state index in [1.165, 1.54) is 44.9 Å². The van der Waals surface area contributed by atoms with E-state index in [-0.39, 0.29) is 39.8 Å². The van der Waals surface area contributed by atoms with Crippen molar-refractivity contribution < 1.29 is 41.9 Å². The van der Waals surface area contributed by atoms with Crippen molar-refractivity contribution in [3.63, 3.8) is 0 Å². The number of carbonyl (C=O) groups excluding carboxylic acids is 3. The predicted molar refractivity (Wildman–Crippen MR) is 132 cm³/mol. The number of aliphatic hydroxyl groups excluding tert-OH is 1. The summed E-state index contributed by atoms with van der Waals surface area (Å²) in [6.07, 6.45) is 14.2. The van der Waals surface area contributed by atoms with Crippen LogP contribution in [-0.2, 0) is 36.8 Å². The molecule has 1 aliphatic rings. The Morgan fingerprint density at radius 1 is 0.941 bits per heavy atom. The summed E-state index contributed by atoms with van der Waals surface area (Å²) in [5.41, 5.74) is 3.20. The molecule has 1 radical (unpaired) electrons. The van der Waals surface area contributed by atoms with E-state index < -0.39 is 11.8 Å². The number of hydrogen-bond acceptors (Lipinski definition) is 4. The van der Waals surface area contributed by atoms with Gasteiger partial charge in [-0.1, -0.05) is 78.1 Å². The second-order valence-electron chi connectivity index (χ2n) is 8.76. The van der Waals surface area contributed by atoms with Crippen LogP contribution in [0.1, 0.15) is 90.9 Å². The maximum atomic E-state index is 13.0. The molecule has 1 fully saturated rings. The number of carbonyl (C=O) groups is 3. The number of benzene rings is 1. The zero-order chi connectivity index (χ0) is 24.1. The van der Waals surface area contributed by atoms with Gasteiger partial charge in [0.05, 0.1) is 11.9 Å². The summed E-state index contributed by atoms with van der Waals surface area (Å²) in [4.78, 5) is 36.9. The normalized spacial score (nSPS) is 15.2. The van der Waals surface area contributed by atoms with Crippen LogP contribution in [0.3, 0.4) is 0 Å². The summed E-state index contributed by atoms with van der Waals surface area (Å²) in [5, 5.41) is 13.2. The van der Waals surface area contributed by atoms with Gasteiger partial charge in [0.1, 0.15) is 5.57 Å². The summed E-state index contributed by atoms with van der Waals surface area (Å²) in [6, 6.07) is 6.73. The van der Waals surface area contributed by atoms with Gasteiger partial charge in [0.25, 0.3) is 11.8 Å². The summed E-state index contributed by atoms with van der Waals surface area (Å²) < 4.78 is 0. The van der Waals surface area contributed by atoms with Crippen molar-refractivity contribution in [1.29, 1.82) is 0 Å². The predicted octanol–water partition coefficient (Wildman–Crippen LogP) is 5.78. The number of nitrogens with one attached hydrogen (secondary N) is 2. The van der Waals surface area contributed by atoms with Gasteiger partial charge in [-0.15, -0.1) is 0 Å². The van der Waals surface area contributed by atoms with Crippen molar-refractivity contribution in [2.45, 2.75) is 90.9 Å². The smallest absolute Gasteiger partial charge is 0.285 e. The Hall–Kier alpha value is -2.09. The van der Waals surface area contributed by atoms with Crippen LogP contribution in [0.2, 0.25) is 0 Å². The number of aliphatic hydroxyl groups is 1. The minimum absolute atomic E-state index is 0. The molecule has 0 spiro atoms. The quantitative estimate of drug-likeness (QED) is 0.0826. The first-order valence-corrected chi connectivity index (χ1v) is 12.4. The summed E-state index contributed by atoms with van der Waals surface area (Å²) in [6.45, 7) is 4.40. The van der Waals surface area contributed by atoms with E-state index in [2.05, 4.69) is 24.6 Å². The van der Waals surface area contributed by atoms with Crippen molar-refractivity contribution in [1.82, 2.24) is 5.43 Å². The van der Waals surface area contributed by atoms with Crippen molar-refractivity contribution in [2.24, 2.45) is 5.92 Å². The first-order chi connectivity index (χ1) is 16.0. The Kier molecular flexibility index (Phi) is 14.6. The van der Waals surface area contributed by atoms with Crippen LogP contribution in [0.4, 0.5) is 11.4 Å². The van der Waals surface area contributed by atoms with Gasteiger partial charge in [-0.2, -0.15) is 0 Å². The van der Waals surface area contributed by atoms with E-state index in [1.807, 2.05) is 0 Å². The number of anilines is 2. The fraction of sp³-hybridized carbons (Fsp3) is 0.577. The Morgan fingerprint density at radius 3 is 2.00 bits per heavy atom. The van der Waals surface area contributed by atoms with Gasteiger partial charge < -0.3 is 10.4 Å². The first kappa shape index (κ1) is 29.9. The van der Waals surface area contributed by atoms with Gasteiger partial charge in [-0.05, 0) is 37.1 Å². The van der Waals surface area contributed by atoms with Gasteiger partial charge in [0.2, 0.25) is 5.91 Å². The molecule has 1 aliphatic heterocycles. The van der Waals surface area contributed by atoms with Crippen LogP contribution < -0.4 is 15.8 Å². The molecule has 0 aromatic heterocycles. The average molecular weight is 565 g/mol. The third-order valence-electron chi connectivity index (χ3n) is 6.10. The number of amides is 3. The summed E-state index contributed by atoms with van der Waals surface area (Å²) >= 11 is 0. The second-order valence-corrected chi connectivity index (χ2v) is 8.76. The van der Waals surface area contributed by atoms with Gasteiger partial charge in [0.15, 0.2) is 0 Å².